The summed E-state index contributed by atoms with van der Waals surface area (Å²) in [6.45, 7) is 2.28. The van der Waals surface area contributed by atoms with Crippen LogP contribution in [0.15, 0.2) is 54.2 Å². The first-order chi connectivity index (χ1) is 12.0. The highest BCUT2D eigenvalue weighted by Gasteiger charge is 2.14. The third-order valence-electron chi connectivity index (χ3n) is 3.31. The number of amides is 1. The molecule has 6 nitrogen and oxygen atoms in total. The minimum absolute atomic E-state index is 0.235. The largest absolute Gasteiger partial charge is 0.493 e. The molecule has 0 aromatic heterocycles. The first-order valence-electron chi connectivity index (χ1n) is 7.67. The van der Waals surface area contributed by atoms with Crippen molar-refractivity contribution in [1.29, 1.82) is 0 Å². The van der Waals surface area contributed by atoms with Gasteiger partial charge in [-0.1, -0.05) is 24.3 Å². The van der Waals surface area contributed by atoms with E-state index in [4.69, 9.17) is 9.47 Å². The monoisotopic (exact) mass is 341 g/mol. The second kappa shape index (κ2) is 8.54. The quantitative estimate of drug-likeness (QED) is 0.756. The summed E-state index contributed by atoms with van der Waals surface area (Å²) in [5.41, 5.74) is 0.705. The molecule has 2 rings (SSSR count). The Kier molecular flexibility index (Phi) is 6.17. The lowest BCUT2D eigenvalue weighted by Crippen LogP contribution is -2.27. The molecule has 0 bridgehead atoms. The van der Waals surface area contributed by atoms with Crippen molar-refractivity contribution in [2.45, 2.75) is 6.92 Å². The van der Waals surface area contributed by atoms with Crippen LogP contribution in [0.5, 0.6) is 11.5 Å². The fourth-order valence-corrected chi connectivity index (χ4v) is 2.15. The Bertz CT molecular complexity index is 784. The van der Waals surface area contributed by atoms with Crippen LogP contribution in [0.4, 0.5) is 0 Å². The Morgan fingerprint density at radius 1 is 1.12 bits per heavy atom. The van der Waals surface area contributed by atoms with Crippen molar-refractivity contribution in [1.82, 2.24) is 5.32 Å². The van der Waals surface area contributed by atoms with Crippen molar-refractivity contribution in [2.24, 2.45) is 0 Å². The maximum Gasteiger partial charge on any atom is 0.352 e. The molecule has 0 spiro atoms. The molecule has 0 aliphatic carbocycles. The van der Waals surface area contributed by atoms with Gasteiger partial charge in [0, 0.05) is 5.56 Å². The fourth-order valence-electron chi connectivity index (χ4n) is 2.15. The van der Waals surface area contributed by atoms with E-state index in [9.17, 15) is 14.7 Å². The van der Waals surface area contributed by atoms with Gasteiger partial charge in [-0.3, -0.25) is 4.79 Å². The molecule has 0 fully saturated rings. The van der Waals surface area contributed by atoms with Crippen LogP contribution >= 0.6 is 0 Å². The summed E-state index contributed by atoms with van der Waals surface area (Å²) in [5, 5.41) is 11.8. The number of benzene rings is 2. The molecule has 0 saturated carbocycles. The van der Waals surface area contributed by atoms with E-state index in [-0.39, 0.29) is 5.70 Å². The van der Waals surface area contributed by atoms with Crippen molar-refractivity contribution < 1.29 is 24.2 Å². The van der Waals surface area contributed by atoms with Crippen LogP contribution < -0.4 is 14.8 Å². The molecule has 2 aromatic carbocycles. The Balaban J connectivity index is 2.29. The number of hydrogen-bond acceptors (Lipinski definition) is 4. The van der Waals surface area contributed by atoms with E-state index in [1.165, 1.54) is 13.2 Å². The number of methoxy groups -OCH3 is 1. The molecule has 2 N–H and O–H groups in total. The number of carboxylic acids is 1. The van der Waals surface area contributed by atoms with Crippen molar-refractivity contribution in [3.8, 4) is 11.5 Å². The smallest absolute Gasteiger partial charge is 0.352 e. The van der Waals surface area contributed by atoms with E-state index in [0.29, 0.717) is 29.2 Å². The molecule has 0 unspecified atom stereocenters. The fraction of sp³-hybridized carbons (Fsp3) is 0.158. The molecular weight excluding hydrogens is 322 g/mol. The molecular formula is C19H19NO5. The van der Waals surface area contributed by atoms with Gasteiger partial charge in [0.05, 0.1) is 13.7 Å². The number of ether oxygens (including phenoxy) is 2. The maximum absolute atomic E-state index is 12.2. The van der Waals surface area contributed by atoms with E-state index in [1.807, 2.05) is 6.92 Å². The van der Waals surface area contributed by atoms with Crippen LogP contribution in [0, 0.1) is 0 Å². The number of rotatable bonds is 7. The third kappa shape index (κ3) is 4.84. The van der Waals surface area contributed by atoms with E-state index >= 15 is 0 Å². The number of hydrogen-bond donors (Lipinski definition) is 2. The zero-order valence-corrected chi connectivity index (χ0v) is 14.0. The highest BCUT2D eigenvalue weighted by atomic mass is 16.5. The minimum Gasteiger partial charge on any atom is -0.493 e. The molecule has 0 aliphatic heterocycles. The number of carbonyl (C=O) groups is 2. The first kappa shape index (κ1) is 18.1. The van der Waals surface area contributed by atoms with E-state index in [2.05, 4.69) is 5.32 Å². The lowest BCUT2D eigenvalue weighted by Gasteiger charge is -2.10. The summed E-state index contributed by atoms with van der Waals surface area (Å²) in [6.07, 6.45) is 1.37. The van der Waals surface area contributed by atoms with Crippen LogP contribution in [0.3, 0.4) is 0 Å². The van der Waals surface area contributed by atoms with Gasteiger partial charge in [-0.25, -0.2) is 4.79 Å². The molecule has 0 radical (unpaired) electrons. The van der Waals surface area contributed by atoms with Gasteiger partial charge in [0.15, 0.2) is 11.5 Å². The Hall–Kier alpha value is -3.28. The van der Waals surface area contributed by atoms with Crippen LogP contribution in [-0.2, 0) is 4.79 Å². The number of carbonyl (C=O) groups excluding carboxylic acids is 1. The zero-order chi connectivity index (χ0) is 18.2. The summed E-state index contributed by atoms with van der Waals surface area (Å²) in [6, 6.07) is 13.4. The summed E-state index contributed by atoms with van der Waals surface area (Å²) >= 11 is 0. The molecule has 0 saturated heterocycles. The van der Waals surface area contributed by atoms with Gasteiger partial charge in [-0.05, 0) is 42.8 Å². The molecule has 0 atom stereocenters. The van der Waals surface area contributed by atoms with Crippen LogP contribution in [0.2, 0.25) is 0 Å². The summed E-state index contributed by atoms with van der Waals surface area (Å²) in [7, 11) is 1.52. The Morgan fingerprint density at radius 3 is 2.44 bits per heavy atom. The Morgan fingerprint density at radius 2 is 1.84 bits per heavy atom. The zero-order valence-electron chi connectivity index (χ0n) is 14.0. The number of carboxylic acid groups (broad SMARTS) is 1. The molecule has 25 heavy (non-hydrogen) atoms. The van der Waals surface area contributed by atoms with Gasteiger partial charge in [-0.15, -0.1) is 0 Å². The first-order valence-corrected chi connectivity index (χ1v) is 7.67. The highest BCUT2D eigenvalue weighted by Crippen LogP contribution is 2.28. The van der Waals surface area contributed by atoms with Crippen molar-refractivity contribution >= 4 is 18.0 Å². The molecule has 0 aliphatic rings. The van der Waals surface area contributed by atoms with Crippen molar-refractivity contribution in [3.05, 3.63) is 65.4 Å². The average molecular weight is 341 g/mol. The second-order valence-electron chi connectivity index (χ2n) is 5.03. The van der Waals surface area contributed by atoms with Crippen molar-refractivity contribution in [3.63, 3.8) is 0 Å². The van der Waals surface area contributed by atoms with E-state index < -0.39 is 11.9 Å². The molecule has 0 heterocycles. The van der Waals surface area contributed by atoms with Crippen LogP contribution in [0.25, 0.3) is 6.08 Å². The summed E-state index contributed by atoms with van der Waals surface area (Å²) in [4.78, 5) is 23.6. The molecule has 2 aromatic rings. The van der Waals surface area contributed by atoms with Gasteiger partial charge in [0.25, 0.3) is 5.91 Å². The topological polar surface area (TPSA) is 84.9 Å². The van der Waals surface area contributed by atoms with Gasteiger partial charge < -0.3 is 19.9 Å². The van der Waals surface area contributed by atoms with Crippen LogP contribution in [-0.4, -0.2) is 30.7 Å². The van der Waals surface area contributed by atoms with Crippen LogP contribution in [0.1, 0.15) is 22.8 Å². The minimum atomic E-state index is -1.24. The number of nitrogens with one attached hydrogen (secondary N) is 1. The Labute approximate surface area is 145 Å². The normalized spacial score (nSPS) is 10.9. The van der Waals surface area contributed by atoms with Gasteiger partial charge in [0.2, 0.25) is 0 Å². The molecule has 130 valence electrons. The maximum atomic E-state index is 12.2. The van der Waals surface area contributed by atoms with E-state index in [1.54, 1.807) is 48.5 Å². The third-order valence-corrected chi connectivity index (χ3v) is 3.31. The van der Waals surface area contributed by atoms with Gasteiger partial charge in [-0.2, -0.15) is 0 Å². The highest BCUT2D eigenvalue weighted by molar-refractivity contribution is 6.02. The average Bonchev–Trinajstić information content (AvgIpc) is 2.62. The number of aliphatic carboxylic acids is 1. The lowest BCUT2D eigenvalue weighted by molar-refractivity contribution is -0.132. The van der Waals surface area contributed by atoms with Gasteiger partial charge >= 0.3 is 5.97 Å². The SMILES string of the molecule is CCOc1cc(/C=C(/NC(=O)c2ccccc2)C(=O)O)ccc1OC. The van der Waals surface area contributed by atoms with Gasteiger partial charge in [0.1, 0.15) is 5.70 Å². The molecule has 1 amide bonds. The predicted octanol–water partition coefficient (Wildman–Crippen LogP) is 2.95. The lowest BCUT2D eigenvalue weighted by atomic mass is 10.1. The summed E-state index contributed by atoms with van der Waals surface area (Å²) < 4.78 is 10.7. The predicted molar refractivity (Wildman–Crippen MR) is 93.7 cm³/mol. The second-order valence-corrected chi connectivity index (χ2v) is 5.03. The standard InChI is InChI=1S/C19H19NO5/c1-3-25-17-12-13(9-10-16(17)24-2)11-15(19(22)23)20-18(21)14-7-5-4-6-8-14/h4-12H,3H2,1-2H3,(H,20,21)(H,22,23)/b15-11+. The van der Waals surface area contributed by atoms with Crippen molar-refractivity contribution in [2.75, 3.05) is 13.7 Å². The summed E-state index contributed by atoms with van der Waals surface area (Å²) in [5.74, 6) is -0.687. The molecule has 6 heteroatoms. The van der Waals surface area contributed by atoms with E-state index in [0.717, 1.165) is 0 Å².